The summed E-state index contributed by atoms with van der Waals surface area (Å²) in [6.07, 6.45) is 6.52. The van der Waals surface area contributed by atoms with E-state index in [1.165, 1.54) is 0 Å². The lowest BCUT2D eigenvalue weighted by molar-refractivity contribution is -0.145. The minimum atomic E-state index is -0.115. The van der Waals surface area contributed by atoms with Crippen LogP contribution in [-0.4, -0.2) is 67.4 Å². The van der Waals surface area contributed by atoms with Gasteiger partial charge in [0.05, 0.1) is 0 Å². The van der Waals surface area contributed by atoms with E-state index >= 15 is 0 Å². The van der Waals surface area contributed by atoms with Crippen LogP contribution in [0.15, 0.2) is 0 Å². The molecule has 1 atom stereocenters. The van der Waals surface area contributed by atoms with Crippen molar-refractivity contribution >= 4 is 17.8 Å². The van der Waals surface area contributed by atoms with Crippen molar-refractivity contribution in [3.05, 3.63) is 0 Å². The maximum absolute atomic E-state index is 12.6. The third kappa shape index (κ3) is 6.18. The molecule has 2 N–H and O–H groups in total. The Bertz CT molecular complexity index is 489. The molecular weight excluding hydrogens is 332 g/mol. The first-order valence-corrected chi connectivity index (χ1v) is 10.1. The normalized spacial score (nSPS) is 21.6. The predicted octanol–water partition coefficient (Wildman–Crippen LogP) is 1.58. The number of amides is 4. The highest BCUT2D eigenvalue weighted by Gasteiger charge is 2.33. The molecule has 148 valence electrons. The van der Waals surface area contributed by atoms with Crippen LogP contribution in [0.1, 0.15) is 51.9 Å². The molecule has 26 heavy (non-hydrogen) atoms. The van der Waals surface area contributed by atoms with Gasteiger partial charge in [-0.15, -0.1) is 0 Å². The summed E-state index contributed by atoms with van der Waals surface area (Å²) in [5, 5.41) is 5.57. The maximum atomic E-state index is 12.6. The van der Waals surface area contributed by atoms with Crippen molar-refractivity contribution in [3.8, 4) is 0 Å². The Morgan fingerprint density at radius 2 is 1.81 bits per heavy atom. The first kappa shape index (κ1) is 20.5. The summed E-state index contributed by atoms with van der Waals surface area (Å²) < 4.78 is 0. The van der Waals surface area contributed by atoms with Crippen LogP contribution in [0.4, 0.5) is 4.79 Å². The molecule has 2 heterocycles. The molecule has 7 nitrogen and oxygen atoms in total. The van der Waals surface area contributed by atoms with Crippen molar-refractivity contribution in [3.63, 3.8) is 0 Å². The van der Waals surface area contributed by atoms with E-state index in [1.54, 1.807) is 11.9 Å². The Morgan fingerprint density at radius 1 is 1.08 bits per heavy atom. The van der Waals surface area contributed by atoms with E-state index in [9.17, 15) is 14.4 Å². The first-order chi connectivity index (χ1) is 12.5. The SMILES string of the molecule is CCNC(=O)NCCCCC1CCN(C(=O)C2CCN(C)C(=O)C2)CC1. The molecule has 0 spiro atoms. The van der Waals surface area contributed by atoms with Gasteiger partial charge in [0.2, 0.25) is 11.8 Å². The smallest absolute Gasteiger partial charge is 0.314 e. The van der Waals surface area contributed by atoms with Crippen molar-refractivity contribution in [1.29, 1.82) is 0 Å². The molecule has 4 amide bonds. The number of nitrogens with one attached hydrogen (secondary N) is 2. The molecule has 2 rings (SSSR count). The zero-order valence-electron chi connectivity index (χ0n) is 16.3. The lowest BCUT2D eigenvalue weighted by Gasteiger charge is -2.36. The van der Waals surface area contributed by atoms with Gasteiger partial charge in [-0.3, -0.25) is 9.59 Å². The molecule has 2 aliphatic heterocycles. The van der Waals surface area contributed by atoms with Gasteiger partial charge in [-0.25, -0.2) is 4.79 Å². The van der Waals surface area contributed by atoms with Crippen molar-refractivity contribution < 1.29 is 14.4 Å². The van der Waals surface area contributed by atoms with Crippen molar-refractivity contribution in [1.82, 2.24) is 20.4 Å². The zero-order chi connectivity index (χ0) is 18.9. The second kappa shape index (κ2) is 10.4. The second-order valence-corrected chi connectivity index (χ2v) is 7.56. The monoisotopic (exact) mass is 366 g/mol. The third-order valence-corrected chi connectivity index (χ3v) is 5.60. The summed E-state index contributed by atoms with van der Waals surface area (Å²) in [5.74, 6) is 0.819. The first-order valence-electron chi connectivity index (χ1n) is 10.1. The molecule has 0 aromatic rings. The summed E-state index contributed by atoms with van der Waals surface area (Å²) in [4.78, 5) is 39.4. The molecular formula is C19H34N4O3. The zero-order valence-corrected chi connectivity index (χ0v) is 16.3. The fraction of sp³-hybridized carbons (Fsp3) is 0.842. The van der Waals surface area contributed by atoms with Crippen LogP contribution in [0.2, 0.25) is 0 Å². The number of nitrogens with zero attached hydrogens (tertiary/aromatic N) is 2. The van der Waals surface area contributed by atoms with Gasteiger partial charge in [0.1, 0.15) is 0 Å². The number of hydrogen-bond donors (Lipinski definition) is 2. The van der Waals surface area contributed by atoms with E-state index in [2.05, 4.69) is 10.6 Å². The van der Waals surface area contributed by atoms with Crippen LogP contribution in [0.25, 0.3) is 0 Å². The number of hydrogen-bond acceptors (Lipinski definition) is 3. The van der Waals surface area contributed by atoms with Crippen molar-refractivity contribution in [2.24, 2.45) is 11.8 Å². The summed E-state index contributed by atoms with van der Waals surface area (Å²) in [6.45, 7) is 5.60. The molecule has 0 radical (unpaired) electrons. The van der Waals surface area contributed by atoms with E-state index in [0.717, 1.165) is 51.6 Å². The summed E-state index contributed by atoms with van der Waals surface area (Å²) in [7, 11) is 1.81. The van der Waals surface area contributed by atoms with Gasteiger partial charge in [0.25, 0.3) is 0 Å². The molecule has 0 bridgehead atoms. The minimum absolute atomic E-state index is 0.0886. The number of carbonyl (C=O) groups is 3. The predicted molar refractivity (Wildman–Crippen MR) is 101 cm³/mol. The number of likely N-dealkylation sites (tertiary alicyclic amines) is 2. The lowest BCUT2D eigenvalue weighted by Crippen LogP contribution is -2.46. The molecule has 7 heteroatoms. The van der Waals surface area contributed by atoms with Gasteiger partial charge in [-0.05, 0) is 38.5 Å². The van der Waals surface area contributed by atoms with Crippen molar-refractivity contribution in [2.45, 2.75) is 51.9 Å². The van der Waals surface area contributed by atoms with Gasteiger partial charge in [-0.2, -0.15) is 0 Å². The van der Waals surface area contributed by atoms with E-state index in [0.29, 0.717) is 32.0 Å². The summed E-state index contributed by atoms with van der Waals surface area (Å²) >= 11 is 0. The van der Waals surface area contributed by atoms with Crippen LogP contribution in [0, 0.1) is 11.8 Å². The molecule has 2 saturated heterocycles. The van der Waals surface area contributed by atoms with Gasteiger partial charge in [-0.1, -0.05) is 12.8 Å². The molecule has 1 unspecified atom stereocenters. The van der Waals surface area contributed by atoms with Crippen LogP contribution in [0.5, 0.6) is 0 Å². The number of urea groups is 1. The van der Waals surface area contributed by atoms with Crippen LogP contribution >= 0.6 is 0 Å². The average molecular weight is 367 g/mol. The Kier molecular flexibility index (Phi) is 8.19. The quantitative estimate of drug-likeness (QED) is 0.671. The highest BCUT2D eigenvalue weighted by Crippen LogP contribution is 2.26. The largest absolute Gasteiger partial charge is 0.346 e. The molecule has 0 saturated carbocycles. The average Bonchev–Trinajstić information content (AvgIpc) is 2.64. The number of rotatable bonds is 7. The van der Waals surface area contributed by atoms with Gasteiger partial charge >= 0.3 is 6.03 Å². The van der Waals surface area contributed by atoms with Gasteiger partial charge in [0.15, 0.2) is 0 Å². The van der Waals surface area contributed by atoms with E-state index < -0.39 is 0 Å². The number of piperidine rings is 2. The Labute approximate surface area is 156 Å². The molecule has 2 fully saturated rings. The highest BCUT2D eigenvalue weighted by molar-refractivity contribution is 5.86. The Hall–Kier alpha value is -1.79. The minimum Gasteiger partial charge on any atom is -0.346 e. The summed E-state index contributed by atoms with van der Waals surface area (Å²) in [6, 6.07) is -0.0910. The van der Waals surface area contributed by atoms with E-state index in [1.807, 2.05) is 11.8 Å². The van der Waals surface area contributed by atoms with Gasteiger partial charge < -0.3 is 20.4 Å². The fourth-order valence-corrected chi connectivity index (χ4v) is 3.84. The standard InChI is InChI=1S/C19H34N4O3/c1-3-20-19(26)21-10-5-4-6-15-7-12-23(13-8-15)18(25)16-9-11-22(2)17(24)14-16/h15-16H,3-14H2,1-2H3,(H2,20,21,26). The topological polar surface area (TPSA) is 81.8 Å². The van der Waals surface area contributed by atoms with Crippen LogP contribution < -0.4 is 10.6 Å². The molecule has 0 aliphatic carbocycles. The maximum Gasteiger partial charge on any atom is 0.314 e. The van der Waals surface area contributed by atoms with E-state index in [-0.39, 0.29) is 23.8 Å². The van der Waals surface area contributed by atoms with Crippen LogP contribution in [-0.2, 0) is 9.59 Å². The van der Waals surface area contributed by atoms with Crippen LogP contribution in [0.3, 0.4) is 0 Å². The third-order valence-electron chi connectivity index (χ3n) is 5.60. The number of carbonyl (C=O) groups excluding carboxylic acids is 3. The Morgan fingerprint density at radius 3 is 2.46 bits per heavy atom. The molecule has 2 aliphatic rings. The molecule has 0 aromatic carbocycles. The van der Waals surface area contributed by atoms with Crippen molar-refractivity contribution in [2.75, 3.05) is 39.8 Å². The lowest BCUT2D eigenvalue weighted by atomic mass is 9.89. The fourth-order valence-electron chi connectivity index (χ4n) is 3.84. The number of unbranched alkanes of at least 4 members (excludes halogenated alkanes) is 1. The highest BCUT2D eigenvalue weighted by atomic mass is 16.2. The summed E-state index contributed by atoms with van der Waals surface area (Å²) in [5.41, 5.74) is 0. The second-order valence-electron chi connectivity index (χ2n) is 7.56. The Balaban J connectivity index is 1.59. The van der Waals surface area contributed by atoms with Gasteiger partial charge in [0, 0.05) is 52.1 Å². The molecule has 0 aromatic heterocycles. The van der Waals surface area contributed by atoms with E-state index in [4.69, 9.17) is 0 Å².